The average molecular weight is 250 g/mol. The summed E-state index contributed by atoms with van der Waals surface area (Å²) in [7, 11) is 0. The van der Waals surface area contributed by atoms with Gasteiger partial charge in [0.25, 0.3) is 0 Å². The van der Waals surface area contributed by atoms with Gasteiger partial charge in [-0.25, -0.2) is 0 Å². The number of aliphatic hydroxyl groups excluding tert-OH is 1. The van der Waals surface area contributed by atoms with Gasteiger partial charge in [-0.1, -0.05) is 12.1 Å². The van der Waals surface area contributed by atoms with Gasteiger partial charge >= 0.3 is 0 Å². The maximum atomic E-state index is 10.3. The molecule has 0 aliphatic carbocycles. The first-order valence-corrected chi connectivity index (χ1v) is 6.62. The van der Waals surface area contributed by atoms with Crippen molar-refractivity contribution >= 4 is 0 Å². The molecule has 0 amide bonds. The molecule has 18 heavy (non-hydrogen) atoms. The summed E-state index contributed by atoms with van der Waals surface area (Å²) in [5, 5.41) is 10.3. The van der Waals surface area contributed by atoms with E-state index in [0.29, 0.717) is 6.61 Å². The topological polar surface area (TPSA) is 38.7 Å². The van der Waals surface area contributed by atoms with Crippen LogP contribution in [0.2, 0.25) is 0 Å². The highest BCUT2D eigenvalue weighted by Crippen LogP contribution is 2.32. The van der Waals surface area contributed by atoms with E-state index in [0.717, 1.165) is 17.7 Å². The standard InChI is InChI=1S/C15H22O3/c1-10(2)18-14-6-4-12(5-7-14)15(16)13-8-11(3)17-9-13/h4-7,10-11,13,15-16H,8-9H2,1-3H3. The molecule has 3 heteroatoms. The van der Waals surface area contributed by atoms with Crippen LogP contribution in [0, 0.1) is 5.92 Å². The molecule has 0 bridgehead atoms. The van der Waals surface area contributed by atoms with E-state index < -0.39 is 6.10 Å². The molecule has 0 saturated carbocycles. The minimum atomic E-state index is -0.442. The molecular formula is C15H22O3. The first kappa shape index (κ1) is 13.4. The van der Waals surface area contributed by atoms with Gasteiger partial charge in [-0.05, 0) is 44.9 Å². The monoisotopic (exact) mass is 250 g/mol. The normalized spacial score (nSPS) is 25.4. The molecule has 1 aromatic carbocycles. The Hall–Kier alpha value is -1.06. The van der Waals surface area contributed by atoms with Crippen molar-refractivity contribution in [1.82, 2.24) is 0 Å². The van der Waals surface area contributed by atoms with E-state index in [1.165, 1.54) is 0 Å². The number of rotatable bonds is 4. The van der Waals surface area contributed by atoms with Gasteiger partial charge in [-0.15, -0.1) is 0 Å². The molecule has 1 heterocycles. The second-order valence-electron chi connectivity index (χ2n) is 5.32. The Morgan fingerprint density at radius 3 is 2.44 bits per heavy atom. The van der Waals surface area contributed by atoms with E-state index in [1.807, 2.05) is 45.0 Å². The van der Waals surface area contributed by atoms with Crippen LogP contribution in [0.1, 0.15) is 38.9 Å². The van der Waals surface area contributed by atoms with Crippen molar-refractivity contribution in [2.75, 3.05) is 6.61 Å². The van der Waals surface area contributed by atoms with Crippen LogP contribution in [-0.2, 0) is 4.74 Å². The molecule has 1 aliphatic heterocycles. The highest BCUT2D eigenvalue weighted by atomic mass is 16.5. The second-order valence-corrected chi connectivity index (χ2v) is 5.32. The predicted octanol–water partition coefficient (Wildman–Crippen LogP) is 2.93. The van der Waals surface area contributed by atoms with Crippen LogP contribution in [0.15, 0.2) is 24.3 Å². The van der Waals surface area contributed by atoms with Gasteiger partial charge in [-0.3, -0.25) is 0 Å². The summed E-state index contributed by atoms with van der Waals surface area (Å²) in [6.07, 6.45) is 0.909. The zero-order valence-corrected chi connectivity index (χ0v) is 11.3. The minimum Gasteiger partial charge on any atom is -0.491 e. The van der Waals surface area contributed by atoms with Crippen LogP contribution in [0.3, 0.4) is 0 Å². The fourth-order valence-corrected chi connectivity index (χ4v) is 2.36. The van der Waals surface area contributed by atoms with E-state index in [1.54, 1.807) is 0 Å². The zero-order valence-electron chi connectivity index (χ0n) is 11.3. The first-order chi connectivity index (χ1) is 8.56. The first-order valence-electron chi connectivity index (χ1n) is 6.62. The van der Waals surface area contributed by atoms with Crippen molar-refractivity contribution in [2.45, 2.75) is 45.5 Å². The Labute approximate surface area is 109 Å². The fraction of sp³-hybridized carbons (Fsp3) is 0.600. The third-order valence-corrected chi connectivity index (χ3v) is 3.27. The smallest absolute Gasteiger partial charge is 0.119 e. The van der Waals surface area contributed by atoms with Crippen molar-refractivity contribution in [1.29, 1.82) is 0 Å². The summed E-state index contributed by atoms with van der Waals surface area (Å²) < 4.78 is 11.1. The maximum Gasteiger partial charge on any atom is 0.119 e. The third kappa shape index (κ3) is 3.24. The van der Waals surface area contributed by atoms with Crippen LogP contribution < -0.4 is 4.74 Å². The molecule has 2 rings (SSSR count). The minimum absolute atomic E-state index is 0.171. The Bertz CT molecular complexity index is 372. The fourth-order valence-electron chi connectivity index (χ4n) is 2.36. The molecular weight excluding hydrogens is 228 g/mol. The lowest BCUT2D eigenvalue weighted by Gasteiger charge is -2.17. The molecule has 100 valence electrons. The van der Waals surface area contributed by atoms with Crippen LogP contribution in [0.4, 0.5) is 0 Å². The third-order valence-electron chi connectivity index (χ3n) is 3.27. The number of hydrogen-bond donors (Lipinski definition) is 1. The number of aliphatic hydroxyl groups is 1. The van der Waals surface area contributed by atoms with Crippen LogP contribution in [0.25, 0.3) is 0 Å². The van der Waals surface area contributed by atoms with Crippen molar-refractivity contribution in [3.05, 3.63) is 29.8 Å². The van der Waals surface area contributed by atoms with Gasteiger partial charge in [-0.2, -0.15) is 0 Å². The maximum absolute atomic E-state index is 10.3. The van der Waals surface area contributed by atoms with E-state index >= 15 is 0 Å². The van der Waals surface area contributed by atoms with Gasteiger partial charge in [0.05, 0.1) is 24.9 Å². The van der Waals surface area contributed by atoms with Gasteiger partial charge < -0.3 is 14.6 Å². The molecule has 3 atom stereocenters. The molecule has 1 aromatic rings. The Morgan fingerprint density at radius 2 is 1.94 bits per heavy atom. The van der Waals surface area contributed by atoms with Gasteiger partial charge in [0, 0.05) is 5.92 Å². The summed E-state index contributed by atoms with van der Waals surface area (Å²) in [6, 6.07) is 7.70. The Kier molecular flexibility index (Phi) is 4.25. The lowest BCUT2D eigenvalue weighted by Crippen LogP contribution is -2.13. The van der Waals surface area contributed by atoms with Gasteiger partial charge in [0.15, 0.2) is 0 Å². The van der Waals surface area contributed by atoms with Crippen molar-refractivity contribution in [3.8, 4) is 5.75 Å². The molecule has 1 aliphatic rings. The molecule has 0 aromatic heterocycles. The van der Waals surface area contributed by atoms with E-state index in [2.05, 4.69) is 0 Å². The predicted molar refractivity (Wildman–Crippen MR) is 70.7 cm³/mol. The highest BCUT2D eigenvalue weighted by molar-refractivity contribution is 5.29. The summed E-state index contributed by atoms with van der Waals surface area (Å²) >= 11 is 0. The zero-order chi connectivity index (χ0) is 13.1. The van der Waals surface area contributed by atoms with Crippen LogP contribution in [-0.4, -0.2) is 23.9 Å². The molecule has 3 unspecified atom stereocenters. The SMILES string of the molecule is CC(C)Oc1ccc(C(O)C2COC(C)C2)cc1. The molecule has 3 nitrogen and oxygen atoms in total. The summed E-state index contributed by atoms with van der Waals surface area (Å²) in [5.74, 6) is 1.05. The average Bonchev–Trinajstić information content (AvgIpc) is 2.75. The van der Waals surface area contributed by atoms with Gasteiger partial charge in [0.2, 0.25) is 0 Å². The van der Waals surface area contributed by atoms with Crippen LogP contribution in [0.5, 0.6) is 5.75 Å². The van der Waals surface area contributed by atoms with E-state index in [4.69, 9.17) is 9.47 Å². The van der Waals surface area contributed by atoms with Crippen molar-refractivity contribution in [2.24, 2.45) is 5.92 Å². The molecule has 1 fully saturated rings. The number of benzene rings is 1. The summed E-state index contributed by atoms with van der Waals surface area (Å²) in [6.45, 7) is 6.69. The summed E-state index contributed by atoms with van der Waals surface area (Å²) in [4.78, 5) is 0. The molecule has 0 spiro atoms. The number of ether oxygens (including phenoxy) is 2. The van der Waals surface area contributed by atoms with Crippen molar-refractivity contribution in [3.63, 3.8) is 0 Å². The molecule has 1 N–H and O–H groups in total. The Balaban J connectivity index is 2.00. The van der Waals surface area contributed by atoms with E-state index in [-0.39, 0.29) is 18.1 Å². The summed E-state index contributed by atoms with van der Waals surface area (Å²) in [5.41, 5.74) is 0.939. The largest absolute Gasteiger partial charge is 0.491 e. The van der Waals surface area contributed by atoms with Crippen LogP contribution >= 0.6 is 0 Å². The lowest BCUT2D eigenvalue weighted by atomic mass is 9.94. The van der Waals surface area contributed by atoms with Gasteiger partial charge in [0.1, 0.15) is 5.75 Å². The van der Waals surface area contributed by atoms with E-state index in [9.17, 15) is 5.11 Å². The highest BCUT2D eigenvalue weighted by Gasteiger charge is 2.29. The molecule has 1 saturated heterocycles. The molecule has 0 radical (unpaired) electrons. The lowest BCUT2D eigenvalue weighted by molar-refractivity contribution is 0.0803. The number of hydrogen-bond acceptors (Lipinski definition) is 3. The van der Waals surface area contributed by atoms with Crippen molar-refractivity contribution < 1.29 is 14.6 Å². The quantitative estimate of drug-likeness (QED) is 0.893. The Morgan fingerprint density at radius 1 is 1.28 bits per heavy atom. The second kappa shape index (κ2) is 5.72.